The van der Waals surface area contributed by atoms with Gasteiger partial charge in [-0.15, -0.1) is 0 Å². The minimum atomic E-state index is -0.935. The minimum Gasteiger partial charge on any atom is -0.382 e. The van der Waals surface area contributed by atoms with Crippen LogP contribution in [0, 0.1) is 5.92 Å². The quantitative estimate of drug-likeness (QED) is 0.229. The van der Waals surface area contributed by atoms with Crippen molar-refractivity contribution in [1.29, 1.82) is 0 Å². The van der Waals surface area contributed by atoms with E-state index in [4.69, 9.17) is 16.2 Å². The summed E-state index contributed by atoms with van der Waals surface area (Å²) in [6.45, 7) is 5.51. The summed E-state index contributed by atoms with van der Waals surface area (Å²) in [6, 6.07) is -2.65. The maximum atomic E-state index is 12.7. The van der Waals surface area contributed by atoms with E-state index in [0.29, 0.717) is 32.2 Å². The van der Waals surface area contributed by atoms with E-state index in [1.54, 1.807) is 0 Å². The highest BCUT2D eigenvalue weighted by Gasteiger charge is 2.28. The zero-order valence-corrected chi connectivity index (χ0v) is 17.2. The van der Waals surface area contributed by atoms with Crippen LogP contribution in [0.25, 0.3) is 0 Å². The first-order chi connectivity index (χ1) is 13.1. The Kier molecular flexibility index (Phi) is 12.8. The van der Waals surface area contributed by atoms with Gasteiger partial charge in [0.25, 0.3) is 0 Å². The molecule has 0 aliphatic rings. The molecule has 0 saturated heterocycles. The van der Waals surface area contributed by atoms with Crippen molar-refractivity contribution in [3.8, 4) is 0 Å². The smallest absolute Gasteiger partial charge is 0.245 e. The third kappa shape index (κ3) is 10.8. The van der Waals surface area contributed by atoms with E-state index < -0.39 is 41.8 Å². The van der Waals surface area contributed by atoms with Crippen molar-refractivity contribution in [2.24, 2.45) is 17.4 Å². The Labute approximate surface area is 166 Å². The maximum Gasteiger partial charge on any atom is 0.245 e. The summed E-state index contributed by atoms with van der Waals surface area (Å²) in [7, 11) is 1.40. The molecule has 0 aromatic rings. The predicted molar refractivity (Wildman–Crippen MR) is 105 cm³/mol. The second kappa shape index (κ2) is 13.9. The Hall–Kier alpha value is -2.20. The van der Waals surface area contributed by atoms with Gasteiger partial charge >= 0.3 is 0 Å². The van der Waals surface area contributed by atoms with Crippen LogP contribution in [0.15, 0.2) is 0 Å². The van der Waals surface area contributed by atoms with Gasteiger partial charge < -0.3 is 32.2 Å². The molecule has 10 heteroatoms. The standard InChI is InChI=1S/C18H35N5O5/c1-11(2)9-14(16(20)25)23-17(26)13(7-5-6-8-19)22-18(27)15(10-28-4)21-12(3)24/h11,13-15H,5-10,19H2,1-4H3,(H2,20,25)(H,21,24)(H,22,27)(H,23,26)/t13-,14-,15-/m0/s1. The molecule has 0 radical (unpaired) electrons. The topological polar surface area (TPSA) is 166 Å². The first-order valence-electron chi connectivity index (χ1n) is 9.48. The van der Waals surface area contributed by atoms with E-state index in [2.05, 4.69) is 16.0 Å². The largest absolute Gasteiger partial charge is 0.382 e. The van der Waals surface area contributed by atoms with Crippen molar-refractivity contribution in [3.63, 3.8) is 0 Å². The summed E-state index contributed by atoms with van der Waals surface area (Å²) in [6.07, 6.45) is 2.01. The van der Waals surface area contributed by atoms with Gasteiger partial charge in [-0.25, -0.2) is 0 Å². The fourth-order valence-electron chi connectivity index (χ4n) is 2.62. The highest BCUT2D eigenvalue weighted by molar-refractivity contribution is 5.93. The zero-order valence-electron chi connectivity index (χ0n) is 17.2. The van der Waals surface area contributed by atoms with E-state index in [9.17, 15) is 19.2 Å². The van der Waals surface area contributed by atoms with Crippen LogP contribution < -0.4 is 27.4 Å². The van der Waals surface area contributed by atoms with Crippen LogP contribution in [0.2, 0.25) is 0 Å². The minimum absolute atomic E-state index is 0.0419. The highest BCUT2D eigenvalue weighted by Crippen LogP contribution is 2.07. The Morgan fingerprint density at radius 1 is 0.929 bits per heavy atom. The van der Waals surface area contributed by atoms with E-state index in [-0.39, 0.29) is 12.5 Å². The number of methoxy groups -OCH3 is 1. The lowest BCUT2D eigenvalue weighted by atomic mass is 10.0. The van der Waals surface area contributed by atoms with Gasteiger partial charge in [0, 0.05) is 14.0 Å². The number of unbranched alkanes of at least 4 members (excludes halogenated alkanes) is 1. The normalized spacial score (nSPS) is 14.1. The first kappa shape index (κ1) is 25.8. The molecule has 0 aromatic heterocycles. The van der Waals surface area contributed by atoms with Crippen molar-refractivity contribution in [2.75, 3.05) is 20.3 Å². The molecule has 10 nitrogen and oxygen atoms in total. The molecule has 0 fully saturated rings. The van der Waals surface area contributed by atoms with Gasteiger partial charge in [0.1, 0.15) is 18.1 Å². The molecule has 0 heterocycles. The summed E-state index contributed by atoms with van der Waals surface area (Å²) in [5.41, 5.74) is 10.9. The lowest BCUT2D eigenvalue weighted by molar-refractivity contribution is -0.134. The van der Waals surface area contributed by atoms with Gasteiger partial charge in [-0.2, -0.15) is 0 Å². The zero-order chi connectivity index (χ0) is 21.7. The van der Waals surface area contributed by atoms with E-state index in [1.807, 2.05) is 13.8 Å². The summed E-state index contributed by atoms with van der Waals surface area (Å²) in [5, 5.41) is 7.71. The molecule has 0 bridgehead atoms. The van der Waals surface area contributed by atoms with Gasteiger partial charge in [-0.3, -0.25) is 19.2 Å². The van der Waals surface area contributed by atoms with Crippen LogP contribution in [-0.2, 0) is 23.9 Å². The highest BCUT2D eigenvalue weighted by atomic mass is 16.5. The molecule has 0 aromatic carbocycles. The number of rotatable bonds is 14. The molecule has 0 rings (SSSR count). The molecule has 0 unspecified atom stereocenters. The van der Waals surface area contributed by atoms with Crippen molar-refractivity contribution in [3.05, 3.63) is 0 Å². The summed E-state index contributed by atoms with van der Waals surface area (Å²) in [5.74, 6) is -1.94. The molecule has 0 aliphatic heterocycles. The fraction of sp³-hybridized carbons (Fsp3) is 0.778. The number of ether oxygens (including phenoxy) is 1. The third-order valence-corrected chi connectivity index (χ3v) is 3.97. The van der Waals surface area contributed by atoms with Gasteiger partial charge in [-0.05, 0) is 38.1 Å². The number of primary amides is 1. The molecule has 4 amide bonds. The van der Waals surface area contributed by atoms with E-state index in [1.165, 1.54) is 14.0 Å². The lowest BCUT2D eigenvalue weighted by Crippen LogP contribution is -2.57. The molecule has 28 heavy (non-hydrogen) atoms. The summed E-state index contributed by atoms with van der Waals surface area (Å²) in [4.78, 5) is 48.1. The molecular formula is C18H35N5O5. The van der Waals surface area contributed by atoms with Gasteiger partial charge in [-0.1, -0.05) is 13.8 Å². The van der Waals surface area contributed by atoms with E-state index in [0.717, 1.165) is 0 Å². The number of hydrogen-bond acceptors (Lipinski definition) is 6. The molecule has 3 atom stereocenters. The van der Waals surface area contributed by atoms with E-state index >= 15 is 0 Å². The molecule has 0 spiro atoms. The van der Waals surface area contributed by atoms with Crippen molar-refractivity contribution < 1.29 is 23.9 Å². The Morgan fingerprint density at radius 3 is 1.96 bits per heavy atom. The second-order valence-electron chi connectivity index (χ2n) is 7.15. The van der Waals surface area contributed by atoms with Crippen molar-refractivity contribution in [2.45, 2.75) is 64.6 Å². The number of amides is 4. The van der Waals surface area contributed by atoms with Gasteiger partial charge in [0.2, 0.25) is 23.6 Å². The Bertz CT molecular complexity index is 526. The Balaban J connectivity index is 5.21. The van der Waals surface area contributed by atoms with Crippen LogP contribution in [0.4, 0.5) is 0 Å². The molecular weight excluding hydrogens is 366 g/mol. The number of carbonyl (C=O) groups is 4. The number of nitrogens with two attached hydrogens (primary N) is 2. The molecule has 7 N–H and O–H groups in total. The van der Waals surface area contributed by atoms with Gasteiger partial charge in [0.05, 0.1) is 6.61 Å². The Morgan fingerprint density at radius 2 is 1.50 bits per heavy atom. The lowest BCUT2D eigenvalue weighted by Gasteiger charge is -2.25. The van der Waals surface area contributed by atoms with Crippen LogP contribution >= 0.6 is 0 Å². The maximum absolute atomic E-state index is 12.7. The molecule has 0 saturated carbocycles. The molecule has 0 aliphatic carbocycles. The second-order valence-corrected chi connectivity index (χ2v) is 7.15. The third-order valence-electron chi connectivity index (χ3n) is 3.97. The summed E-state index contributed by atoms with van der Waals surface area (Å²) >= 11 is 0. The summed E-state index contributed by atoms with van der Waals surface area (Å²) < 4.78 is 4.95. The van der Waals surface area contributed by atoms with Crippen LogP contribution in [0.5, 0.6) is 0 Å². The SMILES string of the molecule is COC[C@H](NC(C)=O)C(=O)N[C@@H](CCCCN)C(=O)N[C@@H](CC(C)C)C(N)=O. The molecule has 162 valence electrons. The van der Waals surface area contributed by atoms with Gasteiger partial charge in [0.15, 0.2) is 0 Å². The van der Waals surface area contributed by atoms with Crippen molar-refractivity contribution >= 4 is 23.6 Å². The fourth-order valence-corrected chi connectivity index (χ4v) is 2.62. The average Bonchev–Trinajstić information content (AvgIpc) is 2.59. The van der Waals surface area contributed by atoms with Crippen LogP contribution in [0.3, 0.4) is 0 Å². The predicted octanol–water partition coefficient (Wildman–Crippen LogP) is -1.23. The number of carbonyl (C=O) groups excluding carboxylic acids is 4. The first-order valence-corrected chi connectivity index (χ1v) is 9.48. The van der Waals surface area contributed by atoms with Crippen LogP contribution in [0.1, 0.15) is 46.5 Å². The monoisotopic (exact) mass is 401 g/mol. The van der Waals surface area contributed by atoms with Crippen LogP contribution in [-0.4, -0.2) is 62.0 Å². The van der Waals surface area contributed by atoms with Crippen molar-refractivity contribution in [1.82, 2.24) is 16.0 Å². The number of hydrogen-bond donors (Lipinski definition) is 5. The number of nitrogens with one attached hydrogen (secondary N) is 3. The average molecular weight is 402 g/mol.